The van der Waals surface area contributed by atoms with Crippen molar-refractivity contribution < 1.29 is 9.47 Å². The van der Waals surface area contributed by atoms with E-state index in [0.29, 0.717) is 0 Å². The van der Waals surface area contributed by atoms with Gasteiger partial charge in [-0.25, -0.2) is 0 Å². The molecule has 0 aromatic heterocycles. The van der Waals surface area contributed by atoms with Crippen molar-refractivity contribution in [1.29, 1.82) is 0 Å². The van der Waals surface area contributed by atoms with Crippen LogP contribution in [0.1, 0.15) is 11.9 Å². The summed E-state index contributed by atoms with van der Waals surface area (Å²) in [4.78, 5) is 0. The smallest absolute Gasteiger partial charge is 0.268 e. The summed E-state index contributed by atoms with van der Waals surface area (Å²) in [5, 5.41) is 0. The Morgan fingerprint density at radius 1 is 1.33 bits per heavy atom. The lowest BCUT2D eigenvalue weighted by molar-refractivity contribution is -0.0307. The molecule has 0 N–H and O–H groups in total. The standard InChI is InChI=1S/C9H6BrO2/c10-8-4-2-1-3-7(8)9-11-5-6-12-9/h1-5,9H. The van der Waals surface area contributed by atoms with E-state index in [9.17, 15) is 0 Å². The van der Waals surface area contributed by atoms with Crippen molar-refractivity contribution in [2.24, 2.45) is 0 Å². The van der Waals surface area contributed by atoms with Gasteiger partial charge in [-0.2, -0.15) is 0 Å². The van der Waals surface area contributed by atoms with Crippen LogP contribution in [0.3, 0.4) is 0 Å². The summed E-state index contributed by atoms with van der Waals surface area (Å²) in [6.45, 7) is 0. The molecule has 1 atom stereocenters. The van der Waals surface area contributed by atoms with Gasteiger partial charge in [0.25, 0.3) is 6.29 Å². The normalized spacial score (nSPS) is 15.8. The molecule has 3 heteroatoms. The maximum atomic E-state index is 5.13. The number of hydrogen-bond donors (Lipinski definition) is 0. The molecule has 1 aromatic carbocycles. The lowest BCUT2D eigenvalue weighted by atomic mass is 10.2. The molecule has 2 rings (SSSR count). The topological polar surface area (TPSA) is 18.5 Å². The first-order valence-corrected chi connectivity index (χ1v) is 4.30. The molecule has 1 radical (unpaired) electrons. The predicted molar refractivity (Wildman–Crippen MR) is 46.9 cm³/mol. The van der Waals surface area contributed by atoms with E-state index in [-0.39, 0.29) is 6.29 Å². The molecule has 61 valence electrons. The number of halogens is 1. The Bertz CT molecular complexity index is 301. The second-order valence-corrected chi connectivity index (χ2v) is 3.20. The first kappa shape index (κ1) is 7.68. The number of rotatable bonds is 1. The summed E-state index contributed by atoms with van der Waals surface area (Å²) in [5.74, 6) is 0. The van der Waals surface area contributed by atoms with Crippen molar-refractivity contribution >= 4 is 15.9 Å². The van der Waals surface area contributed by atoms with Gasteiger partial charge in [0, 0.05) is 10.0 Å². The van der Waals surface area contributed by atoms with Crippen LogP contribution in [-0.4, -0.2) is 0 Å². The van der Waals surface area contributed by atoms with E-state index in [2.05, 4.69) is 22.2 Å². The fourth-order valence-corrected chi connectivity index (χ4v) is 1.48. The average molecular weight is 226 g/mol. The summed E-state index contributed by atoms with van der Waals surface area (Å²) in [6, 6.07) is 7.76. The zero-order valence-electron chi connectivity index (χ0n) is 6.16. The van der Waals surface area contributed by atoms with Crippen molar-refractivity contribution in [3.05, 3.63) is 46.8 Å². The molecule has 1 unspecified atom stereocenters. The van der Waals surface area contributed by atoms with Crippen molar-refractivity contribution in [2.45, 2.75) is 6.29 Å². The molecule has 12 heavy (non-hydrogen) atoms. The van der Waals surface area contributed by atoms with Crippen molar-refractivity contribution in [1.82, 2.24) is 0 Å². The van der Waals surface area contributed by atoms with E-state index in [1.807, 2.05) is 24.3 Å². The Hall–Kier alpha value is -0.960. The van der Waals surface area contributed by atoms with Gasteiger partial charge in [0.2, 0.25) is 6.26 Å². The van der Waals surface area contributed by atoms with Gasteiger partial charge in [-0.3, -0.25) is 0 Å². The Morgan fingerprint density at radius 3 is 2.83 bits per heavy atom. The molecule has 1 heterocycles. The molecule has 0 saturated heterocycles. The number of ether oxygens (including phenoxy) is 2. The predicted octanol–water partition coefficient (Wildman–Crippen LogP) is 2.77. The molecule has 0 bridgehead atoms. The molecular formula is C9H6BrO2. The zero-order chi connectivity index (χ0) is 8.39. The van der Waals surface area contributed by atoms with Gasteiger partial charge in [-0.05, 0) is 6.07 Å². The Labute approximate surface area is 78.9 Å². The van der Waals surface area contributed by atoms with E-state index < -0.39 is 0 Å². The van der Waals surface area contributed by atoms with Gasteiger partial charge in [-0.1, -0.05) is 34.1 Å². The van der Waals surface area contributed by atoms with Gasteiger partial charge in [0.15, 0.2) is 0 Å². The summed E-state index contributed by atoms with van der Waals surface area (Å²) in [5.41, 5.74) is 0.971. The fourth-order valence-electron chi connectivity index (χ4n) is 1.01. The number of benzene rings is 1. The van der Waals surface area contributed by atoms with Crippen molar-refractivity contribution in [2.75, 3.05) is 0 Å². The van der Waals surface area contributed by atoms with E-state index in [1.54, 1.807) is 0 Å². The molecule has 0 fully saturated rings. The number of hydrogen-bond acceptors (Lipinski definition) is 2. The molecule has 0 aliphatic carbocycles. The molecular weight excluding hydrogens is 220 g/mol. The molecule has 0 saturated carbocycles. The van der Waals surface area contributed by atoms with Crippen LogP contribution in [0.5, 0.6) is 0 Å². The lowest BCUT2D eigenvalue weighted by Crippen LogP contribution is -1.98. The summed E-state index contributed by atoms with van der Waals surface area (Å²) in [7, 11) is 0. The summed E-state index contributed by atoms with van der Waals surface area (Å²) < 4.78 is 11.2. The van der Waals surface area contributed by atoms with Crippen molar-refractivity contribution in [3.8, 4) is 0 Å². The second kappa shape index (κ2) is 3.19. The van der Waals surface area contributed by atoms with Crippen LogP contribution in [0.2, 0.25) is 0 Å². The highest BCUT2D eigenvalue weighted by Crippen LogP contribution is 2.29. The molecule has 0 amide bonds. The highest BCUT2D eigenvalue weighted by Gasteiger charge is 2.17. The van der Waals surface area contributed by atoms with Gasteiger partial charge < -0.3 is 9.47 Å². The largest absolute Gasteiger partial charge is 0.454 e. The zero-order valence-corrected chi connectivity index (χ0v) is 7.74. The monoisotopic (exact) mass is 225 g/mol. The molecule has 2 nitrogen and oxygen atoms in total. The van der Waals surface area contributed by atoms with Gasteiger partial charge >= 0.3 is 0 Å². The Morgan fingerprint density at radius 2 is 2.17 bits per heavy atom. The van der Waals surface area contributed by atoms with Gasteiger partial charge in [-0.15, -0.1) is 0 Å². The van der Waals surface area contributed by atoms with Gasteiger partial charge in [0.1, 0.15) is 6.26 Å². The third-order valence-electron chi connectivity index (χ3n) is 1.57. The third kappa shape index (κ3) is 1.32. The average Bonchev–Trinajstić information content (AvgIpc) is 2.57. The molecule has 1 aliphatic rings. The maximum absolute atomic E-state index is 5.13. The highest BCUT2D eigenvalue weighted by atomic mass is 79.9. The first-order valence-electron chi connectivity index (χ1n) is 3.50. The highest BCUT2D eigenvalue weighted by molar-refractivity contribution is 9.10. The van der Waals surface area contributed by atoms with E-state index in [1.165, 1.54) is 6.26 Å². The Kier molecular flexibility index (Phi) is 2.04. The third-order valence-corrected chi connectivity index (χ3v) is 2.30. The molecule has 1 aromatic rings. The first-order chi connectivity index (χ1) is 5.88. The van der Waals surface area contributed by atoms with E-state index in [0.717, 1.165) is 10.0 Å². The van der Waals surface area contributed by atoms with Crippen LogP contribution >= 0.6 is 15.9 Å². The SMILES string of the molecule is Brc1ccccc1C1O[C]=CO1. The minimum absolute atomic E-state index is 0.347. The molecule has 0 spiro atoms. The minimum Gasteiger partial charge on any atom is -0.454 e. The minimum atomic E-state index is -0.347. The fraction of sp³-hybridized carbons (Fsp3) is 0.111. The quantitative estimate of drug-likeness (QED) is 0.732. The maximum Gasteiger partial charge on any atom is 0.268 e. The van der Waals surface area contributed by atoms with Crippen LogP contribution < -0.4 is 0 Å². The second-order valence-electron chi connectivity index (χ2n) is 2.34. The van der Waals surface area contributed by atoms with Crippen LogP contribution in [0, 0.1) is 6.26 Å². The van der Waals surface area contributed by atoms with Gasteiger partial charge in [0.05, 0.1) is 0 Å². The van der Waals surface area contributed by atoms with Crippen LogP contribution in [0.4, 0.5) is 0 Å². The molecule has 1 aliphatic heterocycles. The summed E-state index contributed by atoms with van der Waals surface area (Å²) in [6.07, 6.45) is 3.60. The van der Waals surface area contributed by atoms with Crippen LogP contribution in [0.25, 0.3) is 0 Å². The lowest BCUT2D eigenvalue weighted by Gasteiger charge is -2.10. The summed E-state index contributed by atoms with van der Waals surface area (Å²) >= 11 is 3.40. The van der Waals surface area contributed by atoms with Crippen LogP contribution in [0.15, 0.2) is 35.0 Å². The van der Waals surface area contributed by atoms with E-state index >= 15 is 0 Å². The van der Waals surface area contributed by atoms with Crippen molar-refractivity contribution in [3.63, 3.8) is 0 Å². The van der Waals surface area contributed by atoms with Crippen LogP contribution in [-0.2, 0) is 9.47 Å². The Balaban J connectivity index is 2.27. The van der Waals surface area contributed by atoms with E-state index in [4.69, 9.17) is 9.47 Å².